The number of urea groups is 1. The molecule has 1 saturated heterocycles. The van der Waals surface area contributed by atoms with Gasteiger partial charge in [-0.15, -0.1) is 0 Å². The molecule has 2 rings (SSSR count). The molecule has 10 heteroatoms. The third-order valence-electron chi connectivity index (χ3n) is 5.08. The fourth-order valence-electron chi connectivity index (χ4n) is 3.38. The topological polar surface area (TPSA) is 101 Å². The van der Waals surface area contributed by atoms with Crippen molar-refractivity contribution in [2.45, 2.75) is 43.8 Å². The summed E-state index contributed by atoms with van der Waals surface area (Å²) in [6.07, 6.45) is 2.67. The Morgan fingerprint density at radius 2 is 1.83 bits per heavy atom. The minimum atomic E-state index is -3.98. The Bertz CT molecular complexity index is 772. The number of hydrogen-bond donors (Lipinski definition) is 3. The number of rotatable bonds is 11. The van der Waals surface area contributed by atoms with Gasteiger partial charge in [0.1, 0.15) is 6.10 Å². The molecular formula is C20H29F2N2O5P. The first-order chi connectivity index (χ1) is 14.0. The van der Waals surface area contributed by atoms with Crippen LogP contribution in [0.25, 0.3) is 0 Å². The zero-order valence-corrected chi connectivity index (χ0v) is 17.8. The fraction of sp³-hybridized carbons (Fsp3) is 0.550. The third kappa shape index (κ3) is 6.87. The molecule has 30 heavy (non-hydrogen) atoms. The van der Waals surface area contributed by atoms with E-state index in [2.05, 4.69) is 0 Å². The van der Waals surface area contributed by atoms with Gasteiger partial charge in [-0.05, 0) is 12.8 Å². The minimum Gasteiger partial charge on any atom is -0.382 e. The molecule has 1 aliphatic rings. The van der Waals surface area contributed by atoms with Crippen LogP contribution in [-0.2, 0) is 10.5 Å². The van der Waals surface area contributed by atoms with Crippen molar-refractivity contribution in [3.8, 4) is 0 Å². The number of halogens is 2. The van der Waals surface area contributed by atoms with Crippen molar-refractivity contribution in [1.82, 2.24) is 9.80 Å². The van der Waals surface area contributed by atoms with E-state index in [0.29, 0.717) is 38.8 Å². The number of alkyl halides is 2. The number of nitrogens with zero attached hydrogens (tertiary/aromatic N) is 2. The van der Waals surface area contributed by atoms with Crippen molar-refractivity contribution in [2.24, 2.45) is 0 Å². The number of unbranched alkanes of at least 4 members (excludes halogenated alkanes) is 3. The molecule has 2 atom stereocenters. The van der Waals surface area contributed by atoms with Gasteiger partial charge in [0.05, 0.1) is 6.04 Å². The van der Waals surface area contributed by atoms with Gasteiger partial charge < -0.3 is 24.7 Å². The Labute approximate surface area is 175 Å². The lowest BCUT2D eigenvalue weighted by Gasteiger charge is -2.23. The summed E-state index contributed by atoms with van der Waals surface area (Å²) < 4.78 is 39.7. The maximum atomic E-state index is 14.4. The van der Waals surface area contributed by atoms with E-state index in [9.17, 15) is 23.2 Å². The quantitative estimate of drug-likeness (QED) is 0.275. The second kappa shape index (κ2) is 10.5. The monoisotopic (exact) mass is 446 g/mol. The average Bonchev–Trinajstić information content (AvgIpc) is 2.96. The highest BCUT2D eigenvalue weighted by Gasteiger charge is 2.39. The van der Waals surface area contributed by atoms with Crippen molar-refractivity contribution in [3.05, 3.63) is 48.0 Å². The zero-order valence-electron chi connectivity index (χ0n) is 16.9. The summed E-state index contributed by atoms with van der Waals surface area (Å²) in [5.74, 6) is -3.45. The summed E-state index contributed by atoms with van der Waals surface area (Å²) in [5, 5.41) is 10.0. The van der Waals surface area contributed by atoms with Gasteiger partial charge in [0.25, 0.3) is 0 Å². The van der Waals surface area contributed by atoms with Gasteiger partial charge >= 0.3 is 19.5 Å². The largest absolute Gasteiger partial charge is 0.382 e. The minimum absolute atomic E-state index is 0.155. The summed E-state index contributed by atoms with van der Waals surface area (Å²) in [7, 11) is -2.36. The van der Waals surface area contributed by atoms with Gasteiger partial charge in [-0.25, -0.2) is 4.79 Å². The summed E-state index contributed by atoms with van der Waals surface area (Å²) in [6, 6.07) is 6.43. The normalized spacial score (nSPS) is 19.1. The summed E-state index contributed by atoms with van der Waals surface area (Å²) >= 11 is 0. The predicted octanol–water partition coefficient (Wildman–Crippen LogP) is 3.17. The van der Waals surface area contributed by atoms with Gasteiger partial charge in [0.2, 0.25) is 0 Å². The molecule has 0 spiro atoms. The second-order valence-electron chi connectivity index (χ2n) is 7.55. The van der Waals surface area contributed by atoms with Crippen LogP contribution in [0.1, 0.15) is 31.2 Å². The number of benzene rings is 1. The number of carbonyl (C=O) groups is 1. The molecule has 1 unspecified atom stereocenters. The molecule has 0 aromatic heterocycles. The highest BCUT2D eigenvalue weighted by Crippen LogP contribution is 2.35. The van der Waals surface area contributed by atoms with Crippen LogP contribution in [0.15, 0.2) is 42.5 Å². The van der Waals surface area contributed by atoms with Gasteiger partial charge in [0, 0.05) is 31.9 Å². The standard InChI is InChI=1S/C20H29F2N2O5P/c1-23-15-17(11-12-18(25)20(21,22)16-9-5-4-6-10-16)24(19(23)26)13-7-2-3-8-14-30(27,28)29/h4-6,9-12,17-18,25H,2-3,7-8,13-15H2,1H3,(H2,27,28,29)/t17-,18?/m0/s1. The predicted molar refractivity (Wildman–Crippen MR) is 109 cm³/mol. The Morgan fingerprint density at radius 3 is 2.47 bits per heavy atom. The number of amides is 2. The summed E-state index contributed by atoms with van der Waals surface area (Å²) in [6.45, 7) is 0.733. The molecule has 0 bridgehead atoms. The molecule has 1 aromatic rings. The lowest BCUT2D eigenvalue weighted by atomic mass is 10.0. The van der Waals surface area contributed by atoms with Crippen LogP contribution >= 0.6 is 7.60 Å². The highest BCUT2D eigenvalue weighted by molar-refractivity contribution is 7.51. The van der Waals surface area contributed by atoms with E-state index in [-0.39, 0.29) is 17.8 Å². The Morgan fingerprint density at radius 1 is 1.20 bits per heavy atom. The number of hydrogen-bond acceptors (Lipinski definition) is 3. The van der Waals surface area contributed by atoms with E-state index >= 15 is 0 Å². The van der Waals surface area contributed by atoms with E-state index in [4.69, 9.17) is 9.79 Å². The molecule has 0 aliphatic carbocycles. The fourth-order valence-corrected chi connectivity index (χ4v) is 4.02. The van der Waals surface area contributed by atoms with Crippen molar-refractivity contribution in [3.63, 3.8) is 0 Å². The maximum absolute atomic E-state index is 14.4. The van der Waals surface area contributed by atoms with Gasteiger partial charge in [-0.3, -0.25) is 4.57 Å². The van der Waals surface area contributed by atoms with Crippen molar-refractivity contribution in [1.29, 1.82) is 0 Å². The van der Waals surface area contributed by atoms with Crippen LogP contribution in [0, 0.1) is 0 Å². The van der Waals surface area contributed by atoms with Crippen LogP contribution in [0.3, 0.4) is 0 Å². The summed E-state index contributed by atoms with van der Waals surface area (Å²) in [4.78, 5) is 33.1. The summed E-state index contributed by atoms with van der Waals surface area (Å²) in [5.41, 5.74) is -0.283. The van der Waals surface area contributed by atoms with E-state index in [1.165, 1.54) is 35.2 Å². The maximum Gasteiger partial charge on any atom is 0.325 e. The third-order valence-corrected chi connectivity index (χ3v) is 5.98. The number of aliphatic hydroxyl groups excluding tert-OH is 1. The van der Waals surface area contributed by atoms with Crippen LogP contribution in [0.5, 0.6) is 0 Å². The Balaban J connectivity index is 1.91. The highest BCUT2D eigenvalue weighted by atomic mass is 31.2. The molecule has 1 heterocycles. The molecule has 0 saturated carbocycles. The SMILES string of the molecule is CN1C[C@H](C=CC(O)C(F)(F)c2ccccc2)N(CCCCCCP(=O)(O)O)C1=O. The molecule has 0 radical (unpaired) electrons. The van der Waals surface area contributed by atoms with E-state index in [1.54, 1.807) is 18.0 Å². The molecule has 3 N–H and O–H groups in total. The first kappa shape index (κ1) is 24.5. The molecule has 2 amide bonds. The lowest BCUT2D eigenvalue weighted by Crippen LogP contribution is -2.35. The first-order valence-corrected chi connectivity index (χ1v) is 11.7. The van der Waals surface area contributed by atoms with Gasteiger partial charge in [-0.1, -0.05) is 55.3 Å². The number of carbonyl (C=O) groups excluding carboxylic acids is 1. The van der Waals surface area contributed by atoms with Crippen molar-refractivity contribution in [2.75, 3.05) is 26.3 Å². The molecule has 1 fully saturated rings. The second-order valence-corrected chi connectivity index (χ2v) is 9.32. The Kier molecular flexibility index (Phi) is 8.55. The van der Waals surface area contributed by atoms with Crippen molar-refractivity contribution < 1.29 is 33.0 Å². The molecule has 1 aromatic carbocycles. The molecule has 7 nitrogen and oxygen atoms in total. The molecular weight excluding hydrogens is 417 g/mol. The number of likely N-dealkylation sites (N-methyl/N-ethyl adjacent to an activating group) is 1. The first-order valence-electron chi connectivity index (χ1n) is 9.88. The van der Waals surface area contributed by atoms with E-state index in [1.807, 2.05) is 0 Å². The average molecular weight is 446 g/mol. The van der Waals surface area contributed by atoms with Crippen LogP contribution in [0.4, 0.5) is 13.6 Å². The number of aliphatic hydroxyl groups is 1. The Hall–Kier alpha value is -1.80. The molecule has 1 aliphatic heterocycles. The van der Waals surface area contributed by atoms with Crippen molar-refractivity contribution >= 4 is 13.6 Å². The van der Waals surface area contributed by atoms with Crippen LogP contribution in [-0.4, -0.2) is 69.2 Å². The van der Waals surface area contributed by atoms with Crippen LogP contribution in [0.2, 0.25) is 0 Å². The lowest BCUT2D eigenvalue weighted by molar-refractivity contribution is -0.0929. The van der Waals surface area contributed by atoms with E-state index in [0.717, 1.165) is 6.08 Å². The van der Waals surface area contributed by atoms with Gasteiger partial charge in [-0.2, -0.15) is 8.78 Å². The van der Waals surface area contributed by atoms with Gasteiger partial charge in [0.15, 0.2) is 0 Å². The zero-order chi connectivity index (χ0) is 22.4. The smallest absolute Gasteiger partial charge is 0.325 e. The van der Waals surface area contributed by atoms with Crippen LogP contribution < -0.4 is 0 Å². The molecule has 168 valence electrons. The van der Waals surface area contributed by atoms with E-state index < -0.39 is 25.7 Å².